The van der Waals surface area contributed by atoms with Crippen LogP contribution in [0.3, 0.4) is 0 Å². The fraction of sp³-hybridized carbons (Fsp3) is 0.200. The molecule has 6 nitrogen and oxygen atoms in total. The second kappa shape index (κ2) is 19.2. The van der Waals surface area contributed by atoms with Crippen molar-refractivity contribution in [2.24, 2.45) is 11.8 Å². The minimum absolute atomic E-state index is 0.137. The van der Waals surface area contributed by atoms with E-state index in [1.807, 2.05) is 72.8 Å². The Labute approximate surface area is 370 Å². The number of aliphatic hydroxyl groups excluding tert-OH is 1. The Morgan fingerprint density at radius 1 is 0.650 bits per heavy atom. The molecule has 1 aliphatic carbocycles. The number of halogens is 4. The molecular formula is C50H43Cl4O6+. The van der Waals surface area contributed by atoms with E-state index in [1.54, 1.807) is 48.6 Å². The van der Waals surface area contributed by atoms with E-state index in [0.29, 0.717) is 104 Å². The summed E-state index contributed by atoms with van der Waals surface area (Å²) >= 11 is 25.4. The molecule has 0 unspecified atom stereocenters. The van der Waals surface area contributed by atoms with Gasteiger partial charge in [0.1, 0.15) is 17.3 Å². The molecule has 0 fully saturated rings. The van der Waals surface area contributed by atoms with Crippen LogP contribution in [0, 0.1) is 11.8 Å². The van der Waals surface area contributed by atoms with Gasteiger partial charge >= 0.3 is 11.5 Å². The molecular weight excluding hydrogens is 838 g/mol. The maximum absolute atomic E-state index is 14.0. The molecule has 5 aromatic rings. The van der Waals surface area contributed by atoms with Gasteiger partial charge in [0, 0.05) is 24.3 Å². The lowest BCUT2D eigenvalue weighted by molar-refractivity contribution is -0.113. The quantitative estimate of drug-likeness (QED) is 0.0884. The Balaban J connectivity index is 1.29. The zero-order chi connectivity index (χ0) is 42.5. The van der Waals surface area contributed by atoms with Crippen molar-refractivity contribution in [2.75, 3.05) is 13.2 Å². The van der Waals surface area contributed by atoms with Crippen LogP contribution in [-0.2, 0) is 32.2 Å². The van der Waals surface area contributed by atoms with Crippen molar-refractivity contribution < 1.29 is 28.5 Å². The van der Waals surface area contributed by atoms with Gasteiger partial charge in [0.05, 0.1) is 67.7 Å². The summed E-state index contributed by atoms with van der Waals surface area (Å²) in [6.45, 7) is 10.4. The van der Waals surface area contributed by atoms with Gasteiger partial charge in [-0.15, -0.1) is 0 Å². The van der Waals surface area contributed by atoms with Gasteiger partial charge in [0.25, 0.3) is 0 Å². The van der Waals surface area contributed by atoms with E-state index in [9.17, 15) is 9.90 Å². The normalized spacial score (nSPS) is 15.5. The number of carbonyl (C=O) groups is 1. The number of Topliss-reactive ketones (excluding diaryl/α,β-unsaturated/α-hetero) is 1. The third kappa shape index (κ3) is 10.2. The zero-order valence-electron chi connectivity index (χ0n) is 33.5. The van der Waals surface area contributed by atoms with Gasteiger partial charge in [-0.2, -0.15) is 0 Å². The summed E-state index contributed by atoms with van der Waals surface area (Å²) in [6.07, 6.45) is 6.96. The standard InChI is InChI=1S/C50H42Cl4O6/c1-29(2)25-57-27-35-9-5-7-11-37(35)47-21-31(19-45(59-47)33-13-15-41(51)43(53)23-33)17-39-49(55)40(50(39)56)18-32-20-46(34-14-16-42(52)44(54)24-34)60-48(22-32)38-12-8-6-10-36(38)28-58-26-30(3)4/h5-24,29-30H,25-28H2,1-4H3/p+1. The molecule has 0 radical (unpaired) electrons. The van der Waals surface area contributed by atoms with Gasteiger partial charge in [-0.3, -0.25) is 4.79 Å². The minimum atomic E-state index is -0.325. The van der Waals surface area contributed by atoms with E-state index in [-0.39, 0.29) is 22.7 Å². The Bertz CT molecular complexity index is 2620. The van der Waals surface area contributed by atoms with Gasteiger partial charge < -0.3 is 19.3 Å². The van der Waals surface area contributed by atoms with E-state index in [0.717, 1.165) is 22.3 Å². The van der Waals surface area contributed by atoms with Crippen molar-refractivity contribution in [3.63, 3.8) is 0 Å². The largest absolute Gasteiger partial charge is 0.506 e. The first-order chi connectivity index (χ1) is 28.8. The monoisotopic (exact) mass is 879 g/mol. The van der Waals surface area contributed by atoms with Gasteiger partial charge in [-0.25, -0.2) is 4.42 Å². The minimum Gasteiger partial charge on any atom is -0.506 e. The fourth-order valence-electron chi connectivity index (χ4n) is 6.69. The number of benzene rings is 4. The highest BCUT2D eigenvalue weighted by atomic mass is 35.5. The molecule has 0 saturated carbocycles. The van der Waals surface area contributed by atoms with Gasteiger partial charge in [0.2, 0.25) is 5.78 Å². The number of rotatable bonds is 14. The van der Waals surface area contributed by atoms with E-state index >= 15 is 0 Å². The molecule has 1 aliphatic heterocycles. The summed E-state index contributed by atoms with van der Waals surface area (Å²) in [6, 6.07) is 29.8. The molecule has 2 aliphatic rings. The molecule has 0 spiro atoms. The number of hydrogen-bond donors (Lipinski definition) is 1. The smallest absolute Gasteiger partial charge is 0.361 e. The van der Waals surface area contributed by atoms with E-state index in [4.69, 9.17) is 65.0 Å². The van der Waals surface area contributed by atoms with Crippen molar-refractivity contribution in [2.45, 2.75) is 40.9 Å². The Hall–Kier alpha value is -4.92. The molecule has 0 amide bonds. The number of carbonyl (C=O) groups excluding carboxylic acids is 1. The fourth-order valence-corrected chi connectivity index (χ4v) is 7.28. The van der Waals surface area contributed by atoms with Gasteiger partial charge in [-0.1, -0.05) is 117 Å². The second-order valence-electron chi connectivity index (χ2n) is 15.4. The molecule has 10 heteroatoms. The van der Waals surface area contributed by atoms with E-state index in [2.05, 4.69) is 27.7 Å². The van der Waals surface area contributed by atoms with Crippen LogP contribution in [0.15, 0.2) is 142 Å². The second-order valence-corrected chi connectivity index (χ2v) is 17.1. The van der Waals surface area contributed by atoms with Crippen molar-refractivity contribution >= 4 is 69.8 Å². The summed E-state index contributed by atoms with van der Waals surface area (Å²) in [7, 11) is 0. The SMILES string of the molecule is CC(C)COCc1ccccc1C1=CC(=CC2=C(O)C(=Cc3cc(-c4ccc(Cl)c(Cl)c4)[o+]c(-c4ccccc4COCC(C)C)c3)C2=O)C=C(c2ccc(Cl)c(Cl)c2)O1. The number of hydrogen-bond acceptors (Lipinski definition) is 5. The maximum atomic E-state index is 14.0. The van der Waals surface area contributed by atoms with Crippen LogP contribution in [0.4, 0.5) is 0 Å². The highest BCUT2D eigenvalue weighted by Gasteiger charge is 2.33. The van der Waals surface area contributed by atoms with E-state index in [1.165, 1.54) is 0 Å². The zero-order valence-corrected chi connectivity index (χ0v) is 36.6. The van der Waals surface area contributed by atoms with Gasteiger partial charge in [0.15, 0.2) is 0 Å². The topological polar surface area (TPSA) is 76.3 Å². The van der Waals surface area contributed by atoms with Crippen LogP contribution in [0.2, 0.25) is 20.1 Å². The molecule has 0 bridgehead atoms. The summed E-state index contributed by atoms with van der Waals surface area (Å²) in [5.74, 6) is 2.35. The summed E-state index contributed by atoms with van der Waals surface area (Å²) < 4.78 is 25.0. The number of aliphatic hydroxyl groups is 1. The van der Waals surface area contributed by atoms with Gasteiger partial charge in [-0.05, 0) is 101 Å². The summed E-state index contributed by atoms with van der Waals surface area (Å²) in [5, 5.41) is 13.1. The molecule has 1 aromatic heterocycles. The number of allylic oxidation sites excluding steroid dienone is 6. The molecule has 0 saturated heterocycles. The van der Waals surface area contributed by atoms with Crippen molar-refractivity contribution in [1.82, 2.24) is 0 Å². The lowest BCUT2D eigenvalue weighted by Gasteiger charge is -2.23. The molecule has 2 heterocycles. The third-order valence-corrected chi connectivity index (χ3v) is 11.1. The molecule has 0 atom stereocenters. The average Bonchev–Trinajstić information content (AvgIpc) is 3.23. The lowest BCUT2D eigenvalue weighted by Crippen LogP contribution is -2.21. The van der Waals surface area contributed by atoms with Crippen molar-refractivity contribution in [1.29, 1.82) is 0 Å². The Kier molecular flexibility index (Phi) is 13.8. The molecule has 306 valence electrons. The predicted octanol–water partition coefficient (Wildman–Crippen LogP) is 14.7. The van der Waals surface area contributed by atoms with E-state index < -0.39 is 0 Å². The molecule has 1 N–H and O–H groups in total. The third-order valence-electron chi connectivity index (χ3n) is 9.64. The maximum Gasteiger partial charge on any atom is 0.361 e. The molecule has 7 rings (SSSR count). The van der Waals surface area contributed by atoms with Crippen LogP contribution >= 0.6 is 46.4 Å². The summed E-state index contributed by atoms with van der Waals surface area (Å²) in [5.41, 5.74) is 6.47. The lowest BCUT2D eigenvalue weighted by atomic mass is 9.85. The first-order valence-corrected chi connectivity index (χ1v) is 21.1. The van der Waals surface area contributed by atoms with Crippen LogP contribution in [0.25, 0.3) is 40.2 Å². The summed E-state index contributed by atoms with van der Waals surface area (Å²) in [4.78, 5) is 14.0. The average molecular weight is 882 g/mol. The Morgan fingerprint density at radius 2 is 1.20 bits per heavy atom. The highest BCUT2D eigenvalue weighted by molar-refractivity contribution is 6.42. The van der Waals surface area contributed by atoms with Crippen LogP contribution in [0.1, 0.15) is 55.5 Å². The number of ether oxygens (including phenoxy) is 3. The highest BCUT2D eigenvalue weighted by Crippen LogP contribution is 2.40. The van der Waals surface area contributed by atoms with Crippen LogP contribution < -0.4 is 0 Å². The first kappa shape index (κ1) is 43.2. The molecule has 4 aromatic carbocycles. The Morgan fingerprint density at radius 3 is 1.82 bits per heavy atom. The van der Waals surface area contributed by atoms with Crippen molar-refractivity contribution in [3.8, 4) is 22.6 Å². The number of ketones is 1. The molecule has 60 heavy (non-hydrogen) atoms. The van der Waals surface area contributed by atoms with Crippen LogP contribution in [-0.4, -0.2) is 24.1 Å². The predicted molar refractivity (Wildman–Crippen MR) is 244 cm³/mol. The van der Waals surface area contributed by atoms with Crippen LogP contribution in [0.5, 0.6) is 0 Å². The van der Waals surface area contributed by atoms with Crippen molar-refractivity contribution in [3.05, 3.63) is 186 Å². The first-order valence-electron chi connectivity index (χ1n) is 19.6.